The van der Waals surface area contributed by atoms with Crippen LogP contribution in [0.4, 0.5) is 0 Å². The van der Waals surface area contributed by atoms with Crippen LogP contribution < -0.4 is 20.6 Å². The van der Waals surface area contributed by atoms with Gasteiger partial charge in [-0.05, 0) is 45.8 Å². The van der Waals surface area contributed by atoms with Gasteiger partial charge in [-0.15, -0.1) is 0 Å². The third-order valence-corrected chi connectivity index (χ3v) is 3.29. The van der Waals surface area contributed by atoms with Gasteiger partial charge in [-0.1, -0.05) is 0 Å². The number of halogens is 1. The molecule has 2 amide bonds. The monoisotopic (exact) mass is 394 g/mol. The number of primary amides is 1. The van der Waals surface area contributed by atoms with Crippen LogP contribution in [0.25, 0.3) is 0 Å². The fourth-order valence-electron chi connectivity index (χ4n) is 1.76. The second kappa shape index (κ2) is 8.16. The molecule has 126 valence electrons. The second-order valence-electron chi connectivity index (χ2n) is 4.60. The first kappa shape index (κ1) is 17.5. The van der Waals surface area contributed by atoms with Crippen molar-refractivity contribution in [3.05, 3.63) is 46.2 Å². The van der Waals surface area contributed by atoms with Crippen LogP contribution in [-0.2, 0) is 4.79 Å². The maximum Gasteiger partial charge on any atom is 0.287 e. The van der Waals surface area contributed by atoms with Crippen LogP contribution in [0.15, 0.2) is 40.0 Å². The number of hydrogen-bond acceptors (Lipinski definition) is 5. The topological polar surface area (TPSA) is 119 Å². The molecule has 24 heavy (non-hydrogen) atoms. The Morgan fingerprint density at radius 2 is 2.17 bits per heavy atom. The zero-order valence-electron chi connectivity index (χ0n) is 12.7. The number of carbonyl (C=O) groups excluding carboxylic acids is 2. The van der Waals surface area contributed by atoms with E-state index < -0.39 is 5.91 Å². The highest BCUT2D eigenvalue weighted by Crippen LogP contribution is 2.27. The van der Waals surface area contributed by atoms with E-state index in [2.05, 4.69) is 31.4 Å². The van der Waals surface area contributed by atoms with Crippen LogP contribution in [0.1, 0.15) is 16.1 Å². The fraction of sp³-hybridized carbons (Fsp3) is 0.133. The van der Waals surface area contributed by atoms with Crippen molar-refractivity contribution in [3.8, 4) is 11.5 Å². The molecule has 0 saturated heterocycles. The summed E-state index contributed by atoms with van der Waals surface area (Å²) in [7, 11) is 1.47. The summed E-state index contributed by atoms with van der Waals surface area (Å²) < 4.78 is 11.2. The molecule has 9 heteroatoms. The van der Waals surface area contributed by atoms with Crippen molar-refractivity contribution in [2.24, 2.45) is 10.8 Å². The van der Waals surface area contributed by atoms with Crippen LogP contribution >= 0.6 is 15.9 Å². The number of nitrogens with zero attached hydrogens (tertiary/aromatic N) is 1. The van der Waals surface area contributed by atoms with E-state index in [1.54, 1.807) is 30.5 Å². The van der Waals surface area contributed by atoms with Crippen molar-refractivity contribution < 1.29 is 19.1 Å². The number of nitrogens with two attached hydrogens (primary N) is 1. The van der Waals surface area contributed by atoms with Crippen molar-refractivity contribution in [1.82, 2.24) is 10.4 Å². The van der Waals surface area contributed by atoms with Gasteiger partial charge in [0.15, 0.2) is 18.1 Å². The van der Waals surface area contributed by atoms with Crippen molar-refractivity contribution >= 4 is 34.0 Å². The molecular weight excluding hydrogens is 380 g/mol. The molecule has 2 rings (SSSR count). The molecule has 0 aliphatic rings. The van der Waals surface area contributed by atoms with E-state index in [4.69, 9.17) is 15.2 Å². The molecule has 4 N–H and O–H groups in total. The van der Waals surface area contributed by atoms with Gasteiger partial charge in [0.25, 0.3) is 11.8 Å². The number of amides is 2. The number of aromatic nitrogens is 1. The zero-order valence-corrected chi connectivity index (χ0v) is 14.3. The lowest BCUT2D eigenvalue weighted by atomic mass is 10.2. The summed E-state index contributed by atoms with van der Waals surface area (Å²) >= 11 is 3.25. The summed E-state index contributed by atoms with van der Waals surface area (Å²) in [5.74, 6) is -0.153. The predicted molar refractivity (Wildman–Crippen MR) is 91.2 cm³/mol. The van der Waals surface area contributed by atoms with Gasteiger partial charge in [0.2, 0.25) is 0 Å². The van der Waals surface area contributed by atoms with E-state index in [1.807, 2.05) is 0 Å². The average Bonchev–Trinajstić information content (AvgIpc) is 2.99. The van der Waals surface area contributed by atoms with Gasteiger partial charge in [0.05, 0.1) is 13.3 Å². The van der Waals surface area contributed by atoms with E-state index in [0.29, 0.717) is 22.8 Å². The van der Waals surface area contributed by atoms with Crippen LogP contribution in [0, 0.1) is 0 Å². The molecule has 0 bridgehead atoms. The third kappa shape index (κ3) is 4.85. The lowest BCUT2D eigenvalue weighted by molar-refractivity contribution is -0.119. The standard InChI is InChI=1S/C15H15BrN4O4/c1-23-13-4-9(2-3-12(13)24-8-14(17)21)6-19-20-15(22)11-5-10(16)7-18-11/h2-7,18H,8H2,1H3,(H2,17,21)(H,20,22)/b19-6-. The Balaban J connectivity index is 2.01. The molecule has 0 aliphatic carbocycles. The maximum atomic E-state index is 11.8. The number of nitrogens with one attached hydrogen (secondary N) is 2. The molecule has 0 radical (unpaired) electrons. The number of rotatable bonds is 7. The van der Waals surface area contributed by atoms with E-state index in [-0.39, 0.29) is 12.5 Å². The number of benzene rings is 1. The first-order valence-electron chi connectivity index (χ1n) is 6.76. The summed E-state index contributed by atoms with van der Waals surface area (Å²) in [5, 5.41) is 3.88. The number of hydrogen-bond donors (Lipinski definition) is 3. The molecule has 0 saturated carbocycles. The summed E-state index contributed by atoms with van der Waals surface area (Å²) in [6.45, 7) is -0.244. The first-order chi connectivity index (χ1) is 11.5. The first-order valence-corrected chi connectivity index (χ1v) is 7.55. The Morgan fingerprint density at radius 1 is 1.38 bits per heavy atom. The van der Waals surface area contributed by atoms with Gasteiger partial charge in [0.1, 0.15) is 5.69 Å². The van der Waals surface area contributed by atoms with E-state index in [9.17, 15) is 9.59 Å². The summed E-state index contributed by atoms with van der Waals surface area (Å²) in [6, 6.07) is 6.60. The Hall–Kier alpha value is -2.81. The minimum Gasteiger partial charge on any atom is -0.493 e. The average molecular weight is 395 g/mol. The normalized spacial score (nSPS) is 10.6. The number of ether oxygens (including phenoxy) is 2. The van der Waals surface area contributed by atoms with Gasteiger partial charge < -0.3 is 20.2 Å². The minimum absolute atomic E-state index is 0.244. The Kier molecular flexibility index (Phi) is 5.96. The van der Waals surface area contributed by atoms with Crippen molar-refractivity contribution in [1.29, 1.82) is 0 Å². The maximum absolute atomic E-state index is 11.8. The van der Waals surface area contributed by atoms with Crippen LogP contribution in [-0.4, -0.2) is 36.7 Å². The van der Waals surface area contributed by atoms with Gasteiger partial charge in [-0.2, -0.15) is 5.10 Å². The molecule has 0 unspecified atom stereocenters. The Morgan fingerprint density at radius 3 is 2.79 bits per heavy atom. The Bertz CT molecular complexity index is 773. The molecule has 0 atom stereocenters. The highest BCUT2D eigenvalue weighted by Gasteiger charge is 2.08. The SMILES string of the molecule is COc1cc(/C=N\NC(=O)c2cc(Br)c[nH]2)ccc1OCC(N)=O. The minimum atomic E-state index is -0.582. The quantitative estimate of drug-likeness (QED) is 0.485. The van der Waals surface area contributed by atoms with Crippen molar-refractivity contribution in [3.63, 3.8) is 0 Å². The molecule has 1 aromatic heterocycles. The van der Waals surface area contributed by atoms with Crippen LogP contribution in [0.5, 0.6) is 11.5 Å². The molecule has 8 nitrogen and oxygen atoms in total. The van der Waals surface area contributed by atoms with E-state index in [0.717, 1.165) is 4.47 Å². The number of methoxy groups -OCH3 is 1. The molecule has 1 aromatic carbocycles. The molecule has 0 spiro atoms. The number of H-pyrrole nitrogens is 1. The van der Waals surface area contributed by atoms with Gasteiger partial charge in [0, 0.05) is 10.7 Å². The highest BCUT2D eigenvalue weighted by atomic mass is 79.9. The molecule has 0 aliphatic heterocycles. The van der Waals surface area contributed by atoms with Crippen LogP contribution in [0.2, 0.25) is 0 Å². The van der Waals surface area contributed by atoms with Crippen LogP contribution in [0.3, 0.4) is 0 Å². The zero-order chi connectivity index (χ0) is 17.5. The van der Waals surface area contributed by atoms with Crippen molar-refractivity contribution in [2.75, 3.05) is 13.7 Å². The number of hydrazone groups is 1. The summed E-state index contributed by atoms with van der Waals surface area (Å²) in [5.41, 5.74) is 8.49. The lowest BCUT2D eigenvalue weighted by Gasteiger charge is -2.09. The van der Waals surface area contributed by atoms with Gasteiger partial charge in [-0.3, -0.25) is 9.59 Å². The number of carbonyl (C=O) groups is 2. The summed E-state index contributed by atoms with van der Waals surface area (Å²) in [4.78, 5) is 25.4. The largest absolute Gasteiger partial charge is 0.493 e. The molecule has 0 fully saturated rings. The predicted octanol–water partition coefficient (Wildman–Crippen LogP) is 1.41. The third-order valence-electron chi connectivity index (χ3n) is 2.83. The summed E-state index contributed by atoms with van der Waals surface area (Å²) in [6.07, 6.45) is 3.10. The van der Waals surface area contributed by atoms with Gasteiger partial charge >= 0.3 is 0 Å². The Labute approximate surface area is 146 Å². The molecule has 1 heterocycles. The number of aromatic amines is 1. The smallest absolute Gasteiger partial charge is 0.287 e. The lowest BCUT2D eigenvalue weighted by Crippen LogP contribution is -2.20. The molecule has 2 aromatic rings. The van der Waals surface area contributed by atoms with Crippen molar-refractivity contribution in [2.45, 2.75) is 0 Å². The van der Waals surface area contributed by atoms with Gasteiger partial charge in [-0.25, -0.2) is 5.43 Å². The highest BCUT2D eigenvalue weighted by molar-refractivity contribution is 9.10. The van der Waals surface area contributed by atoms with E-state index in [1.165, 1.54) is 13.3 Å². The van der Waals surface area contributed by atoms with E-state index >= 15 is 0 Å². The fourth-order valence-corrected chi connectivity index (χ4v) is 2.10. The molecular formula is C15H15BrN4O4. The second-order valence-corrected chi connectivity index (χ2v) is 5.51.